The van der Waals surface area contributed by atoms with E-state index in [9.17, 15) is 15.3 Å². The summed E-state index contributed by atoms with van der Waals surface area (Å²) >= 11 is 0. The summed E-state index contributed by atoms with van der Waals surface area (Å²) < 4.78 is 11.0. The molecule has 0 radical (unpaired) electrons. The molecule has 2 aromatic carbocycles. The zero-order valence-corrected chi connectivity index (χ0v) is 19.5. The van der Waals surface area contributed by atoms with Crippen molar-refractivity contribution in [1.29, 1.82) is 10.5 Å². The van der Waals surface area contributed by atoms with Gasteiger partial charge in [0.1, 0.15) is 11.5 Å². The number of nitriles is 2. The molecule has 168 valence electrons. The molecule has 0 amide bonds. The molecule has 2 aromatic rings. The van der Waals surface area contributed by atoms with Crippen molar-refractivity contribution in [2.45, 2.75) is 38.8 Å². The van der Waals surface area contributed by atoms with E-state index in [1.165, 1.54) is 7.11 Å². The fourth-order valence-electron chi connectivity index (χ4n) is 5.10. The molecule has 0 N–H and O–H groups in total. The number of nitrogens with zero attached hydrogens (tertiary/aromatic N) is 3. The number of Topliss-reactive ketones (excluding diaryl/α,β-unsaturated/α-hetero) is 1. The van der Waals surface area contributed by atoms with Gasteiger partial charge in [-0.2, -0.15) is 10.5 Å². The van der Waals surface area contributed by atoms with Crippen molar-refractivity contribution in [3.63, 3.8) is 0 Å². The Labute approximate surface area is 194 Å². The second kappa shape index (κ2) is 7.98. The number of rotatable bonds is 4. The molecule has 0 aliphatic carbocycles. The Morgan fingerprint density at radius 3 is 2.36 bits per heavy atom. The van der Waals surface area contributed by atoms with Crippen LogP contribution in [0, 0.1) is 33.5 Å². The van der Waals surface area contributed by atoms with Gasteiger partial charge in [-0.25, -0.2) is 0 Å². The molecule has 33 heavy (non-hydrogen) atoms. The minimum atomic E-state index is -1.50. The summed E-state index contributed by atoms with van der Waals surface area (Å²) in [5.41, 5.74) is 0.246. The van der Waals surface area contributed by atoms with Crippen molar-refractivity contribution in [1.82, 2.24) is 0 Å². The van der Waals surface area contributed by atoms with E-state index in [1.807, 2.05) is 68.2 Å². The zero-order chi connectivity index (χ0) is 24.0. The number of anilines is 1. The Kier molecular flexibility index (Phi) is 5.42. The van der Waals surface area contributed by atoms with E-state index in [4.69, 9.17) is 9.47 Å². The van der Waals surface area contributed by atoms with Gasteiger partial charge in [0.05, 0.1) is 38.4 Å². The van der Waals surface area contributed by atoms with Gasteiger partial charge in [-0.3, -0.25) is 4.79 Å². The maximum atomic E-state index is 14.0. The Bertz CT molecular complexity index is 1200. The smallest absolute Gasteiger partial charge is 0.176 e. The highest BCUT2D eigenvalue weighted by molar-refractivity contribution is 5.96. The van der Waals surface area contributed by atoms with E-state index in [-0.39, 0.29) is 5.78 Å². The average Bonchev–Trinajstić information content (AvgIpc) is 3.13. The number of fused-ring (bicyclic) bond motifs is 3. The molecule has 1 saturated heterocycles. The van der Waals surface area contributed by atoms with Crippen LogP contribution in [0.15, 0.2) is 48.5 Å². The minimum absolute atomic E-state index is 0.0344. The predicted octanol–water partition coefficient (Wildman–Crippen LogP) is 4.72. The fourth-order valence-corrected chi connectivity index (χ4v) is 5.10. The molecule has 0 bridgehead atoms. The number of carbonyl (C=O) groups excluding carboxylic acids is 1. The van der Waals surface area contributed by atoms with Gasteiger partial charge in [0.2, 0.25) is 0 Å². The predicted molar refractivity (Wildman–Crippen MR) is 126 cm³/mol. The van der Waals surface area contributed by atoms with Crippen molar-refractivity contribution < 1.29 is 14.3 Å². The average molecular weight is 442 g/mol. The van der Waals surface area contributed by atoms with E-state index < -0.39 is 28.8 Å². The van der Waals surface area contributed by atoms with Gasteiger partial charge in [-0.05, 0) is 17.7 Å². The highest BCUT2D eigenvalue weighted by Crippen LogP contribution is 2.57. The summed E-state index contributed by atoms with van der Waals surface area (Å²) in [6.45, 7) is 5.62. The zero-order valence-electron chi connectivity index (χ0n) is 19.5. The highest BCUT2D eigenvalue weighted by atomic mass is 16.5. The van der Waals surface area contributed by atoms with Crippen LogP contribution in [0.5, 0.6) is 11.5 Å². The first-order valence-corrected chi connectivity index (χ1v) is 10.9. The van der Waals surface area contributed by atoms with Crippen LogP contribution >= 0.6 is 0 Å². The monoisotopic (exact) mass is 441 g/mol. The lowest BCUT2D eigenvalue weighted by Crippen LogP contribution is -2.47. The standard InChI is InChI=1S/C27H27N3O3/c1-26(2,3)25(31)24-23(19-12-11-18(32-4)14-21(19)33-5)27(15-28,16-29)22-13-10-17-8-6-7-9-20(17)30(22)24/h6-14,22-24H,1-5H3. The molecule has 2 aliphatic rings. The third-order valence-corrected chi connectivity index (χ3v) is 6.70. The molecule has 0 saturated carbocycles. The van der Waals surface area contributed by atoms with Crippen molar-refractivity contribution in [3.8, 4) is 23.6 Å². The van der Waals surface area contributed by atoms with Crippen LogP contribution in [0.25, 0.3) is 6.08 Å². The highest BCUT2D eigenvalue weighted by Gasteiger charge is 2.64. The molecule has 2 aliphatic heterocycles. The summed E-state index contributed by atoms with van der Waals surface area (Å²) in [5.74, 6) is 0.307. The number of hydrogen-bond donors (Lipinski definition) is 0. The molecule has 2 heterocycles. The van der Waals surface area contributed by atoms with E-state index in [0.717, 1.165) is 11.3 Å². The number of ketones is 1. The van der Waals surface area contributed by atoms with Crippen molar-refractivity contribution in [3.05, 3.63) is 59.7 Å². The van der Waals surface area contributed by atoms with E-state index in [1.54, 1.807) is 19.2 Å². The van der Waals surface area contributed by atoms with E-state index >= 15 is 0 Å². The fraction of sp³-hybridized carbons (Fsp3) is 0.370. The van der Waals surface area contributed by atoms with Crippen molar-refractivity contribution in [2.75, 3.05) is 19.1 Å². The molecular formula is C27H27N3O3. The van der Waals surface area contributed by atoms with Gasteiger partial charge in [0, 0.05) is 28.7 Å². The number of hydrogen-bond acceptors (Lipinski definition) is 6. The largest absolute Gasteiger partial charge is 0.497 e. The van der Waals surface area contributed by atoms with Crippen LogP contribution < -0.4 is 14.4 Å². The Hall–Kier alpha value is -3.77. The van der Waals surface area contributed by atoms with Gasteiger partial charge in [0.25, 0.3) is 0 Å². The van der Waals surface area contributed by atoms with Crippen LogP contribution in [-0.2, 0) is 4.79 Å². The summed E-state index contributed by atoms with van der Waals surface area (Å²) in [5, 5.41) is 21.0. The van der Waals surface area contributed by atoms with Gasteiger partial charge in [-0.1, -0.05) is 57.2 Å². The summed E-state index contributed by atoms with van der Waals surface area (Å²) in [4.78, 5) is 16.0. The Morgan fingerprint density at radius 2 is 1.76 bits per heavy atom. The Balaban J connectivity index is 2.05. The van der Waals surface area contributed by atoms with Crippen LogP contribution in [0.3, 0.4) is 0 Å². The quantitative estimate of drug-likeness (QED) is 0.682. The van der Waals surface area contributed by atoms with Crippen LogP contribution in [-0.4, -0.2) is 32.1 Å². The van der Waals surface area contributed by atoms with E-state index in [2.05, 4.69) is 12.1 Å². The third kappa shape index (κ3) is 3.26. The number of methoxy groups -OCH3 is 2. The molecule has 0 spiro atoms. The van der Waals surface area contributed by atoms with Gasteiger partial charge in [0.15, 0.2) is 11.2 Å². The lowest BCUT2D eigenvalue weighted by Gasteiger charge is -2.37. The van der Waals surface area contributed by atoms with Crippen LogP contribution in [0.4, 0.5) is 5.69 Å². The molecule has 6 heteroatoms. The van der Waals surface area contributed by atoms with E-state index in [0.29, 0.717) is 17.1 Å². The summed E-state index contributed by atoms with van der Waals surface area (Å²) in [7, 11) is 3.10. The minimum Gasteiger partial charge on any atom is -0.497 e. The van der Waals surface area contributed by atoms with Crippen molar-refractivity contribution >= 4 is 17.5 Å². The lowest BCUT2D eigenvalue weighted by atomic mass is 9.67. The van der Waals surface area contributed by atoms with Crippen LogP contribution in [0.1, 0.15) is 37.8 Å². The van der Waals surface area contributed by atoms with Gasteiger partial charge >= 0.3 is 0 Å². The maximum Gasteiger partial charge on any atom is 0.176 e. The molecule has 0 aromatic heterocycles. The first-order chi connectivity index (χ1) is 15.7. The van der Waals surface area contributed by atoms with Gasteiger partial charge < -0.3 is 14.4 Å². The maximum absolute atomic E-state index is 14.0. The number of benzene rings is 2. The number of para-hydroxylation sites is 1. The lowest BCUT2D eigenvalue weighted by molar-refractivity contribution is -0.127. The summed E-state index contributed by atoms with van der Waals surface area (Å²) in [6.07, 6.45) is 3.82. The van der Waals surface area contributed by atoms with Crippen molar-refractivity contribution in [2.24, 2.45) is 10.8 Å². The normalized spacial score (nSPS) is 22.5. The Morgan fingerprint density at radius 1 is 1.06 bits per heavy atom. The molecule has 6 nitrogen and oxygen atoms in total. The SMILES string of the molecule is COc1ccc(C2C(C(=O)C(C)(C)C)N3c4ccccc4C=CC3C2(C#N)C#N)c(OC)c1. The topological polar surface area (TPSA) is 86.4 Å². The molecule has 4 rings (SSSR count). The first-order valence-electron chi connectivity index (χ1n) is 10.9. The molecular weight excluding hydrogens is 414 g/mol. The first kappa shape index (κ1) is 22.4. The molecule has 3 unspecified atom stereocenters. The second-order valence-electron chi connectivity index (χ2n) is 9.51. The van der Waals surface area contributed by atoms with Gasteiger partial charge in [-0.15, -0.1) is 0 Å². The number of ether oxygens (including phenoxy) is 2. The number of carbonyl (C=O) groups is 1. The third-order valence-electron chi connectivity index (χ3n) is 6.70. The van der Waals surface area contributed by atoms with Crippen LogP contribution in [0.2, 0.25) is 0 Å². The molecule has 3 atom stereocenters. The second-order valence-corrected chi connectivity index (χ2v) is 9.51. The molecule has 1 fully saturated rings. The summed E-state index contributed by atoms with van der Waals surface area (Å²) in [6, 6.07) is 16.4.